The molecule has 0 spiro atoms. The lowest BCUT2D eigenvalue weighted by Gasteiger charge is -2.36. The van der Waals surface area contributed by atoms with Crippen molar-refractivity contribution in [1.82, 2.24) is 14.9 Å². The average molecular weight is 382 g/mol. The fraction of sp³-hybridized carbons (Fsp3) is 0.278. The fourth-order valence-electron chi connectivity index (χ4n) is 1.83. The van der Waals surface area contributed by atoms with E-state index in [1.165, 1.54) is 24.5 Å². The molecule has 0 aliphatic rings. The zero-order chi connectivity index (χ0) is 19.5. The van der Waals surface area contributed by atoms with E-state index in [-0.39, 0.29) is 5.69 Å². The molecule has 2 rings (SSSR count). The molecule has 0 bridgehead atoms. The Hall–Kier alpha value is -2.59. The number of alkyl halides is 3. The second-order valence-electron chi connectivity index (χ2n) is 5.97. The summed E-state index contributed by atoms with van der Waals surface area (Å²) in [5, 5.41) is 0.311. The molecule has 0 aromatic carbocycles. The molecule has 26 heavy (non-hydrogen) atoms. The second-order valence-corrected chi connectivity index (χ2v) is 6.36. The van der Waals surface area contributed by atoms with Crippen LogP contribution < -0.4 is 0 Å². The lowest BCUT2D eigenvalue weighted by Crippen LogP contribution is -2.55. The van der Waals surface area contributed by atoms with E-state index in [1.807, 2.05) is 0 Å². The van der Waals surface area contributed by atoms with Crippen molar-refractivity contribution in [3.05, 3.63) is 58.6 Å². The van der Waals surface area contributed by atoms with Crippen LogP contribution >= 0.6 is 11.6 Å². The van der Waals surface area contributed by atoms with Gasteiger partial charge in [-0.15, -0.1) is 0 Å². The summed E-state index contributed by atoms with van der Waals surface area (Å²) in [4.78, 5) is 20.7. The number of pyridine rings is 2. The number of carbonyl (C=O) groups is 1. The number of rotatable bonds is 2. The van der Waals surface area contributed by atoms with Crippen LogP contribution in [0.15, 0.2) is 36.7 Å². The van der Waals surface area contributed by atoms with Crippen molar-refractivity contribution in [1.29, 1.82) is 0 Å². The highest BCUT2D eigenvalue weighted by atomic mass is 35.5. The van der Waals surface area contributed by atoms with Crippen molar-refractivity contribution in [3.63, 3.8) is 0 Å². The molecular weight excluding hydrogens is 367 g/mol. The third-order valence-corrected chi connectivity index (χ3v) is 4.10. The van der Waals surface area contributed by atoms with Gasteiger partial charge in [0.25, 0.3) is 5.91 Å². The molecule has 8 heteroatoms. The van der Waals surface area contributed by atoms with E-state index < -0.39 is 17.6 Å². The Kier molecular flexibility index (Phi) is 5.57. The van der Waals surface area contributed by atoms with Crippen molar-refractivity contribution in [2.24, 2.45) is 0 Å². The van der Waals surface area contributed by atoms with Crippen molar-refractivity contribution < 1.29 is 18.0 Å². The van der Waals surface area contributed by atoms with E-state index in [0.29, 0.717) is 21.2 Å². The number of nitrogens with zero attached hydrogens (tertiary/aromatic N) is 3. The molecule has 0 N–H and O–H groups in total. The standard InChI is InChI=1S/C18H15ClF3N3O/c1-17(2,18(20,21)22)25(3)16(26)14-7-6-13(11-24-14)5-4-12-8-9-23-15(19)10-12/h6-11H,1-3H3. The molecule has 0 fully saturated rings. The number of hydrogen-bond donors (Lipinski definition) is 0. The highest BCUT2D eigenvalue weighted by molar-refractivity contribution is 6.29. The number of hydrogen-bond acceptors (Lipinski definition) is 3. The Morgan fingerprint density at radius 1 is 1.12 bits per heavy atom. The van der Waals surface area contributed by atoms with Crippen molar-refractivity contribution in [2.75, 3.05) is 7.05 Å². The second kappa shape index (κ2) is 7.34. The maximum absolute atomic E-state index is 13.1. The first kappa shape index (κ1) is 19.7. The van der Waals surface area contributed by atoms with Gasteiger partial charge in [-0.25, -0.2) is 9.97 Å². The molecule has 2 aromatic rings. The first-order chi connectivity index (χ1) is 12.0. The molecule has 2 aromatic heterocycles. The van der Waals surface area contributed by atoms with Crippen LogP contribution in [-0.4, -0.2) is 39.5 Å². The van der Waals surface area contributed by atoms with Gasteiger partial charge in [0.05, 0.1) is 0 Å². The summed E-state index contributed by atoms with van der Waals surface area (Å²) >= 11 is 5.77. The van der Waals surface area contributed by atoms with E-state index in [2.05, 4.69) is 21.8 Å². The summed E-state index contributed by atoms with van der Waals surface area (Å²) in [7, 11) is 1.10. The molecule has 0 unspecified atom stereocenters. The zero-order valence-electron chi connectivity index (χ0n) is 14.2. The zero-order valence-corrected chi connectivity index (χ0v) is 15.0. The summed E-state index contributed by atoms with van der Waals surface area (Å²) in [6.45, 7) is 1.87. The minimum absolute atomic E-state index is 0.0951. The highest BCUT2D eigenvalue weighted by Gasteiger charge is 2.51. The van der Waals surface area contributed by atoms with Crippen LogP contribution in [0, 0.1) is 11.8 Å². The van der Waals surface area contributed by atoms with Crippen molar-refractivity contribution in [2.45, 2.75) is 25.6 Å². The maximum atomic E-state index is 13.1. The third kappa shape index (κ3) is 4.33. The van der Waals surface area contributed by atoms with Gasteiger partial charge in [-0.1, -0.05) is 23.4 Å². The van der Waals surface area contributed by atoms with Gasteiger partial charge in [0.1, 0.15) is 16.4 Å². The van der Waals surface area contributed by atoms with Crippen LogP contribution in [0.2, 0.25) is 5.15 Å². The topological polar surface area (TPSA) is 46.1 Å². The summed E-state index contributed by atoms with van der Waals surface area (Å²) in [5.41, 5.74) is -1.25. The number of amides is 1. The van der Waals surface area contributed by atoms with E-state index in [1.54, 1.807) is 12.1 Å². The lowest BCUT2D eigenvalue weighted by atomic mass is 10.0. The number of carbonyl (C=O) groups excluding carboxylic acids is 1. The van der Waals surface area contributed by atoms with Gasteiger partial charge in [0.15, 0.2) is 0 Å². The molecule has 0 aliphatic carbocycles. The van der Waals surface area contributed by atoms with Gasteiger partial charge in [0.2, 0.25) is 0 Å². The maximum Gasteiger partial charge on any atom is 0.411 e. The van der Waals surface area contributed by atoms with Gasteiger partial charge in [0, 0.05) is 30.6 Å². The summed E-state index contributed by atoms with van der Waals surface area (Å²) in [5.74, 6) is 4.87. The lowest BCUT2D eigenvalue weighted by molar-refractivity contribution is -0.208. The van der Waals surface area contributed by atoms with Crippen LogP contribution in [-0.2, 0) is 0 Å². The highest BCUT2D eigenvalue weighted by Crippen LogP contribution is 2.34. The number of aromatic nitrogens is 2. The molecule has 0 radical (unpaired) electrons. The quantitative estimate of drug-likeness (QED) is 0.584. The third-order valence-electron chi connectivity index (χ3n) is 3.90. The molecular formula is C18H15ClF3N3O. The van der Waals surface area contributed by atoms with E-state index in [9.17, 15) is 18.0 Å². The summed E-state index contributed by atoms with van der Waals surface area (Å²) < 4.78 is 39.2. The van der Waals surface area contributed by atoms with Gasteiger partial charge < -0.3 is 4.90 Å². The monoisotopic (exact) mass is 381 g/mol. The minimum atomic E-state index is -4.56. The molecule has 4 nitrogen and oxygen atoms in total. The Labute approximate surface area is 154 Å². The fourth-order valence-corrected chi connectivity index (χ4v) is 2.01. The van der Waals surface area contributed by atoms with Crippen LogP contribution in [0.5, 0.6) is 0 Å². The Morgan fingerprint density at radius 3 is 2.31 bits per heavy atom. The smallest absolute Gasteiger partial charge is 0.326 e. The first-order valence-electron chi connectivity index (χ1n) is 7.47. The van der Waals surface area contributed by atoms with Crippen LogP contribution in [0.25, 0.3) is 0 Å². The molecule has 136 valence electrons. The van der Waals surface area contributed by atoms with Crippen molar-refractivity contribution in [3.8, 4) is 11.8 Å². The molecule has 0 aliphatic heterocycles. The van der Waals surface area contributed by atoms with Gasteiger partial charge in [-0.2, -0.15) is 13.2 Å². The average Bonchev–Trinajstić information content (AvgIpc) is 2.58. The van der Waals surface area contributed by atoms with Crippen LogP contribution in [0.1, 0.15) is 35.5 Å². The Morgan fingerprint density at radius 2 is 1.77 bits per heavy atom. The molecule has 2 heterocycles. The van der Waals surface area contributed by atoms with Crippen LogP contribution in [0.3, 0.4) is 0 Å². The molecule has 0 saturated carbocycles. The van der Waals surface area contributed by atoms with Crippen LogP contribution in [0.4, 0.5) is 13.2 Å². The largest absolute Gasteiger partial charge is 0.411 e. The molecule has 0 saturated heterocycles. The first-order valence-corrected chi connectivity index (χ1v) is 7.84. The summed E-state index contributed by atoms with van der Waals surface area (Å²) in [6.07, 6.45) is -1.71. The van der Waals surface area contributed by atoms with Gasteiger partial charge in [-0.3, -0.25) is 4.79 Å². The van der Waals surface area contributed by atoms with E-state index in [4.69, 9.17) is 11.6 Å². The van der Waals surface area contributed by atoms with Gasteiger partial charge >= 0.3 is 6.18 Å². The van der Waals surface area contributed by atoms with Crippen molar-refractivity contribution >= 4 is 17.5 Å². The van der Waals surface area contributed by atoms with E-state index in [0.717, 1.165) is 20.9 Å². The predicted molar refractivity (Wildman–Crippen MR) is 91.7 cm³/mol. The number of halogens is 4. The Balaban J connectivity index is 2.18. The normalized spacial score (nSPS) is 11.5. The SMILES string of the molecule is CN(C(=O)c1ccc(C#Cc2ccnc(Cl)c2)cn1)C(C)(C)C(F)(F)F. The van der Waals surface area contributed by atoms with Gasteiger partial charge in [-0.05, 0) is 38.1 Å². The summed E-state index contributed by atoms with van der Waals surface area (Å²) in [6, 6.07) is 6.13. The van der Waals surface area contributed by atoms with E-state index >= 15 is 0 Å². The molecule has 1 amide bonds. The Bertz CT molecular complexity index is 868. The molecule has 0 atom stereocenters. The predicted octanol–water partition coefficient (Wildman–Crippen LogP) is 3.94. The minimum Gasteiger partial charge on any atom is -0.326 e.